The van der Waals surface area contributed by atoms with Gasteiger partial charge in [-0.3, -0.25) is 0 Å². The summed E-state index contributed by atoms with van der Waals surface area (Å²) in [5, 5.41) is 6.46. The SMILES string of the molecule is CCNC(c1cccs1)c1cccc(C)c1Cl. The molecule has 17 heavy (non-hydrogen) atoms. The van der Waals surface area contributed by atoms with Crippen molar-refractivity contribution in [1.82, 2.24) is 5.32 Å². The van der Waals surface area contributed by atoms with E-state index in [1.165, 1.54) is 4.88 Å². The van der Waals surface area contributed by atoms with Gasteiger partial charge in [-0.15, -0.1) is 11.3 Å². The lowest BCUT2D eigenvalue weighted by atomic mass is 10.0. The van der Waals surface area contributed by atoms with E-state index in [1.807, 2.05) is 13.0 Å². The van der Waals surface area contributed by atoms with Crippen LogP contribution in [0.25, 0.3) is 0 Å². The maximum absolute atomic E-state index is 6.41. The summed E-state index contributed by atoms with van der Waals surface area (Å²) in [4.78, 5) is 1.30. The second-order valence-electron chi connectivity index (χ2n) is 3.98. The summed E-state index contributed by atoms with van der Waals surface area (Å²) in [6.45, 7) is 5.08. The Hall–Kier alpha value is -0.830. The van der Waals surface area contributed by atoms with Crippen LogP contribution in [0.15, 0.2) is 35.7 Å². The van der Waals surface area contributed by atoms with Gasteiger partial charge in [0.25, 0.3) is 0 Å². The van der Waals surface area contributed by atoms with Gasteiger partial charge in [0.15, 0.2) is 0 Å². The van der Waals surface area contributed by atoms with Crippen LogP contribution in [0.1, 0.15) is 29.0 Å². The van der Waals surface area contributed by atoms with Crippen molar-refractivity contribution in [3.05, 3.63) is 56.7 Å². The molecule has 0 aliphatic rings. The summed E-state index contributed by atoms with van der Waals surface area (Å²) < 4.78 is 0. The van der Waals surface area contributed by atoms with Crippen molar-refractivity contribution >= 4 is 22.9 Å². The predicted molar refractivity (Wildman–Crippen MR) is 76.0 cm³/mol. The first-order chi connectivity index (χ1) is 8.24. The Bertz CT molecular complexity index is 479. The maximum Gasteiger partial charge on any atom is 0.0685 e. The van der Waals surface area contributed by atoms with E-state index < -0.39 is 0 Å². The average Bonchev–Trinajstić information content (AvgIpc) is 2.84. The zero-order chi connectivity index (χ0) is 12.3. The average molecular weight is 266 g/mol. The van der Waals surface area contributed by atoms with E-state index in [-0.39, 0.29) is 6.04 Å². The third kappa shape index (κ3) is 2.71. The minimum atomic E-state index is 0.201. The van der Waals surface area contributed by atoms with Gasteiger partial charge in [-0.1, -0.05) is 42.8 Å². The summed E-state index contributed by atoms with van der Waals surface area (Å²) in [5.41, 5.74) is 2.29. The van der Waals surface area contributed by atoms with E-state index >= 15 is 0 Å². The number of rotatable bonds is 4. The zero-order valence-electron chi connectivity index (χ0n) is 10.0. The Morgan fingerprint density at radius 3 is 2.76 bits per heavy atom. The molecule has 1 unspecified atom stereocenters. The summed E-state index contributed by atoms with van der Waals surface area (Å²) in [6.07, 6.45) is 0. The lowest BCUT2D eigenvalue weighted by Gasteiger charge is -2.19. The van der Waals surface area contributed by atoms with Crippen LogP contribution in [0.4, 0.5) is 0 Å². The molecule has 0 saturated heterocycles. The monoisotopic (exact) mass is 265 g/mol. The quantitative estimate of drug-likeness (QED) is 0.864. The van der Waals surface area contributed by atoms with Gasteiger partial charge in [0.1, 0.15) is 0 Å². The molecule has 1 nitrogen and oxygen atoms in total. The fourth-order valence-electron chi connectivity index (χ4n) is 1.92. The molecule has 3 heteroatoms. The molecule has 1 heterocycles. The first kappa shape index (κ1) is 12.6. The second kappa shape index (κ2) is 5.67. The molecule has 2 aromatic rings. The van der Waals surface area contributed by atoms with Crippen molar-refractivity contribution in [3.63, 3.8) is 0 Å². The van der Waals surface area contributed by atoms with Crippen molar-refractivity contribution < 1.29 is 0 Å². The Kier molecular flexibility index (Phi) is 4.21. The van der Waals surface area contributed by atoms with Crippen LogP contribution in [0.2, 0.25) is 5.02 Å². The highest BCUT2D eigenvalue weighted by Crippen LogP contribution is 2.32. The number of benzene rings is 1. The van der Waals surface area contributed by atoms with Gasteiger partial charge >= 0.3 is 0 Å². The molecule has 0 aliphatic carbocycles. The van der Waals surface area contributed by atoms with Gasteiger partial charge in [-0.25, -0.2) is 0 Å². The van der Waals surface area contributed by atoms with E-state index in [9.17, 15) is 0 Å². The first-order valence-corrected chi connectivity index (χ1v) is 7.01. The number of halogens is 1. The maximum atomic E-state index is 6.41. The third-order valence-corrected chi connectivity index (χ3v) is 4.22. The van der Waals surface area contributed by atoms with Crippen LogP contribution in [0.3, 0.4) is 0 Å². The number of thiophene rings is 1. The predicted octanol–water partition coefficient (Wildman–Crippen LogP) is 4.41. The largest absolute Gasteiger partial charge is 0.306 e. The summed E-state index contributed by atoms with van der Waals surface area (Å²) in [5.74, 6) is 0. The molecule has 1 N–H and O–H groups in total. The smallest absolute Gasteiger partial charge is 0.0685 e. The fourth-order valence-corrected chi connectivity index (χ4v) is 2.97. The Balaban J connectivity index is 2.43. The van der Waals surface area contributed by atoms with Gasteiger partial charge < -0.3 is 5.32 Å². The first-order valence-electron chi connectivity index (χ1n) is 5.75. The molecule has 0 spiro atoms. The molecular formula is C14H16ClNS. The molecule has 0 aliphatic heterocycles. The molecule has 1 atom stereocenters. The second-order valence-corrected chi connectivity index (χ2v) is 5.34. The molecule has 2 rings (SSSR count). The lowest BCUT2D eigenvalue weighted by molar-refractivity contribution is 0.639. The minimum absolute atomic E-state index is 0.201. The summed E-state index contributed by atoms with van der Waals surface area (Å²) >= 11 is 8.16. The topological polar surface area (TPSA) is 12.0 Å². The Morgan fingerprint density at radius 2 is 2.12 bits per heavy atom. The van der Waals surface area contributed by atoms with Crippen LogP contribution in [0, 0.1) is 6.92 Å². The van der Waals surface area contributed by atoms with Crippen LogP contribution in [0.5, 0.6) is 0 Å². The van der Waals surface area contributed by atoms with Crippen molar-refractivity contribution in [3.8, 4) is 0 Å². The van der Waals surface area contributed by atoms with Gasteiger partial charge in [0.2, 0.25) is 0 Å². The summed E-state index contributed by atoms with van der Waals surface area (Å²) in [7, 11) is 0. The standard InChI is InChI=1S/C14H16ClNS/c1-3-16-14(12-8-5-9-17-12)11-7-4-6-10(2)13(11)15/h4-9,14,16H,3H2,1-2H3. The van der Waals surface area contributed by atoms with Crippen molar-refractivity contribution in [1.29, 1.82) is 0 Å². The number of nitrogens with one attached hydrogen (secondary N) is 1. The highest BCUT2D eigenvalue weighted by atomic mass is 35.5. The van der Waals surface area contributed by atoms with Gasteiger partial charge in [0.05, 0.1) is 6.04 Å². The van der Waals surface area contributed by atoms with E-state index in [1.54, 1.807) is 11.3 Å². The van der Waals surface area contributed by atoms with E-state index in [0.29, 0.717) is 0 Å². The molecule has 1 aromatic carbocycles. The number of aryl methyl sites for hydroxylation is 1. The van der Waals surface area contributed by atoms with Crippen molar-refractivity contribution in [2.75, 3.05) is 6.54 Å². The highest BCUT2D eigenvalue weighted by molar-refractivity contribution is 7.10. The van der Waals surface area contributed by atoms with Crippen LogP contribution < -0.4 is 5.32 Å². The van der Waals surface area contributed by atoms with Crippen molar-refractivity contribution in [2.24, 2.45) is 0 Å². The number of hydrogen-bond donors (Lipinski definition) is 1. The molecule has 1 aromatic heterocycles. The van der Waals surface area contributed by atoms with E-state index in [2.05, 4.69) is 41.9 Å². The van der Waals surface area contributed by atoms with Crippen LogP contribution >= 0.6 is 22.9 Å². The molecular weight excluding hydrogens is 250 g/mol. The molecule has 90 valence electrons. The van der Waals surface area contributed by atoms with E-state index in [0.717, 1.165) is 22.7 Å². The number of hydrogen-bond acceptors (Lipinski definition) is 2. The molecule has 0 amide bonds. The third-order valence-electron chi connectivity index (χ3n) is 2.77. The lowest BCUT2D eigenvalue weighted by Crippen LogP contribution is -2.21. The Labute approximate surface area is 111 Å². The molecule has 0 bridgehead atoms. The zero-order valence-corrected chi connectivity index (χ0v) is 11.6. The Morgan fingerprint density at radius 1 is 1.29 bits per heavy atom. The molecule has 0 fully saturated rings. The molecule has 0 saturated carbocycles. The van der Waals surface area contributed by atoms with Crippen LogP contribution in [-0.2, 0) is 0 Å². The minimum Gasteiger partial charge on any atom is -0.306 e. The van der Waals surface area contributed by atoms with Crippen molar-refractivity contribution in [2.45, 2.75) is 19.9 Å². The van der Waals surface area contributed by atoms with Gasteiger partial charge in [0, 0.05) is 9.90 Å². The van der Waals surface area contributed by atoms with Crippen LogP contribution in [-0.4, -0.2) is 6.54 Å². The normalized spacial score (nSPS) is 12.6. The van der Waals surface area contributed by atoms with E-state index in [4.69, 9.17) is 11.6 Å². The fraction of sp³-hybridized carbons (Fsp3) is 0.286. The van der Waals surface area contributed by atoms with Gasteiger partial charge in [-0.2, -0.15) is 0 Å². The molecule has 0 radical (unpaired) electrons. The van der Waals surface area contributed by atoms with Gasteiger partial charge in [-0.05, 0) is 36.0 Å². The highest BCUT2D eigenvalue weighted by Gasteiger charge is 2.17. The summed E-state index contributed by atoms with van der Waals surface area (Å²) in [6, 6.07) is 10.6.